The lowest BCUT2D eigenvalue weighted by Gasteiger charge is -2.29. The van der Waals surface area contributed by atoms with Crippen molar-refractivity contribution in [2.24, 2.45) is 0 Å². The minimum absolute atomic E-state index is 0.00392. The van der Waals surface area contributed by atoms with Crippen LogP contribution in [0.3, 0.4) is 0 Å². The van der Waals surface area contributed by atoms with Gasteiger partial charge in [-0.2, -0.15) is 13.2 Å². The molecule has 2 aromatic heterocycles. The second kappa shape index (κ2) is 18.4. The van der Waals surface area contributed by atoms with E-state index in [4.69, 9.17) is 0 Å². The second-order valence-corrected chi connectivity index (χ2v) is 15.8. The van der Waals surface area contributed by atoms with Gasteiger partial charge in [-0.05, 0) is 115 Å². The Morgan fingerprint density at radius 3 is 1.33 bits per heavy atom. The fourth-order valence-electron chi connectivity index (χ4n) is 8.90. The van der Waals surface area contributed by atoms with Crippen molar-refractivity contribution in [1.29, 1.82) is 0 Å². The summed E-state index contributed by atoms with van der Waals surface area (Å²) in [4.78, 5) is 59.0. The zero-order valence-electron chi connectivity index (χ0n) is 32.7. The van der Waals surface area contributed by atoms with Crippen LogP contribution in [0.5, 0.6) is 0 Å². The lowest BCUT2D eigenvalue weighted by Crippen LogP contribution is -2.30. The predicted octanol–water partition coefficient (Wildman–Crippen LogP) is 9.49. The Kier molecular flexibility index (Phi) is 12.9. The summed E-state index contributed by atoms with van der Waals surface area (Å²) in [6.07, 6.45) is 2.80. The topological polar surface area (TPSA) is 131 Å². The van der Waals surface area contributed by atoms with Gasteiger partial charge < -0.3 is 9.97 Å². The molecule has 2 aliphatic carbocycles. The maximum absolute atomic E-state index is 13.6. The molecular formula is C47H45F5N4O4. The molecule has 13 heteroatoms. The SMILES string of the molecule is O=c1[nH]c(C2CCC(c3ccccc3)CC2)c(Cc2ccc(F)c(F)c2)c(=O)[nH]1.O=c1[nH]c(C2CCC(c3ccccc3)CC2)c(Cc2cccc(C(F)(F)F)c2)c(=O)[nH]1. The molecule has 0 spiro atoms. The van der Waals surface area contributed by atoms with Crippen LogP contribution in [0.25, 0.3) is 0 Å². The largest absolute Gasteiger partial charge is 0.416 e. The Bertz CT molecular complexity index is 2640. The second-order valence-electron chi connectivity index (χ2n) is 15.8. The summed E-state index contributed by atoms with van der Waals surface area (Å²) in [5.74, 6) is -0.924. The third kappa shape index (κ3) is 10.2. The van der Waals surface area contributed by atoms with Gasteiger partial charge in [0.05, 0.1) is 5.56 Å². The van der Waals surface area contributed by atoms with Gasteiger partial charge in [-0.15, -0.1) is 0 Å². The summed E-state index contributed by atoms with van der Waals surface area (Å²) in [5.41, 5.74) is 2.50. The summed E-state index contributed by atoms with van der Waals surface area (Å²) >= 11 is 0. The van der Waals surface area contributed by atoms with Gasteiger partial charge >= 0.3 is 17.6 Å². The van der Waals surface area contributed by atoms with E-state index in [9.17, 15) is 41.1 Å². The van der Waals surface area contributed by atoms with Crippen molar-refractivity contribution >= 4 is 0 Å². The zero-order valence-corrected chi connectivity index (χ0v) is 32.7. The molecule has 4 N–H and O–H groups in total. The summed E-state index contributed by atoms with van der Waals surface area (Å²) in [6.45, 7) is 0. The van der Waals surface area contributed by atoms with Crippen LogP contribution < -0.4 is 22.5 Å². The zero-order chi connectivity index (χ0) is 42.4. The average Bonchev–Trinajstić information content (AvgIpc) is 3.25. The van der Waals surface area contributed by atoms with Gasteiger partial charge in [-0.25, -0.2) is 18.4 Å². The van der Waals surface area contributed by atoms with E-state index in [1.165, 1.54) is 23.3 Å². The number of alkyl halides is 3. The highest BCUT2D eigenvalue weighted by molar-refractivity contribution is 5.34. The molecule has 8 nitrogen and oxygen atoms in total. The average molecular weight is 825 g/mol. The van der Waals surface area contributed by atoms with E-state index in [0.717, 1.165) is 75.6 Å². The van der Waals surface area contributed by atoms with E-state index in [1.807, 2.05) is 36.4 Å². The third-order valence-corrected chi connectivity index (χ3v) is 12.0. The van der Waals surface area contributed by atoms with Crippen LogP contribution in [-0.2, 0) is 19.0 Å². The molecule has 2 heterocycles. The standard InChI is InChI=1S/C24H23F3N2O2.C23H22F2N2O2/c25-24(26,27)19-8-4-5-15(13-19)14-20-21(28-23(31)29-22(20)30)18-11-9-17(10-12-18)16-6-2-1-3-7-16;24-19-11-6-14(13-20(19)25)12-18-21(26-23(29)27-22(18)28)17-9-7-16(8-10-17)15-4-2-1-3-5-15/h1-8,13,17-18H,9-12,14H2,(H2,28,29,30,31);1-6,11,13,16-17H,7-10,12H2,(H2,26,27,28,29). The molecule has 312 valence electrons. The molecule has 6 aromatic rings. The van der Waals surface area contributed by atoms with Gasteiger partial charge in [-0.1, -0.05) is 84.9 Å². The lowest BCUT2D eigenvalue weighted by atomic mass is 9.76. The lowest BCUT2D eigenvalue weighted by molar-refractivity contribution is -0.137. The maximum atomic E-state index is 13.6. The number of rotatable bonds is 8. The molecule has 2 fully saturated rings. The monoisotopic (exact) mass is 824 g/mol. The van der Waals surface area contributed by atoms with Crippen molar-refractivity contribution in [2.45, 2.75) is 94.1 Å². The Hall–Kier alpha value is -6.11. The summed E-state index contributed by atoms with van der Waals surface area (Å²) in [6, 6.07) is 29.1. The Morgan fingerprint density at radius 1 is 0.467 bits per heavy atom. The highest BCUT2D eigenvalue weighted by Crippen LogP contribution is 2.42. The number of hydrogen-bond acceptors (Lipinski definition) is 4. The number of halogens is 5. The van der Waals surface area contributed by atoms with Crippen LogP contribution >= 0.6 is 0 Å². The van der Waals surface area contributed by atoms with Gasteiger partial charge in [0, 0.05) is 35.4 Å². The van der Waals surface area contributed by atoms with Crippen LogP contribution in [0.15, 0.2) is 122 Å². The van der Waals surface area contributed by atoms with Crippen LogP contribution in [-0.4, -0.2) is 19.9 Å². The van der Waals surface area contributed by atoms with Crippen LogP contribution in [0.4, 0.5) is 22.0 Å². The minimum atomic E-state index is -4.45. The van der Waals surface area contributed by atoms with E-state index >= 15 is 0 Å². The van der Waals surface area contributed by atoms with Crippen molar-refractivity contribution in [3.05, 3.63) is 207 Å². The molecule has 2 saturated carbocycles. The first-order valence-electron chi connectivity index (χ1n) is 20.2. The molecule has 60 heavy (non-hydrogen) atoms. The number of benzene rings is 4. The number of nitrogens with one attached hydrogen (secondary N) is 4. The minimum Gasteiger partial charge on any atom is -0.311 e. The highest BCUT2D eigenvalue weighted by Gasteiger charge is 2.31. The van der Waals surface area contributed by atoms with Gasteiger partial charge in [0.2, 0.25) is 0 Å². The first kappa shape index (κ1) is 42.0. The summed E-state index contributed by atoms with van der Waals surface area (Å²) in [5, 5.41) is 0. The molecular weight excluding hydrogens is 780 g/mol. The van der Waals surface area contributed by atoms with Crippen molar-refractivity contribution in [3.63, 3.8) is 0 Å². The number of H-pyrrole nitrogens is 4. The van der Waals surface area contributed by atoms with Gasteiger partial charge in [-0.3, -0.25) is 19.6 Å². The molecule has 0 radical (unpaired) electrons. The van der Waals surface area contributed by atoms with Crippen LogP contribution in [0.1, 0.15) is 125 Å². The maximum Gasteiger partial charge on any atom is 0.416 e. The van der Waals surface area contributed by atoms with Gasteiger partial charge in [0.15, 0.2) is 11.6 Å². The van der Waals surface area contributed by atoms with Gasteiger partial charge in [0.25, 0.3) is 11.1 Å². The van der Waals surface area contributed by atoms with Crippen LogP contribution in [0, 0.1) is 11.6 Å². The predicted molar refractivity (Wildman–Crippen MR) is 220 cm³/mol. The Balaban J connectivity index is 0.000000182. The molecule has 4 aromatic carbocycles. The van der Waals surface area contributed by atoms with Crippen molar-refractivity contribution in [3.8, 4) is 0 Å². The number of hydrogen-bond donors (Lipinski definition) is 4. The Morgan fingerprint density at radius 2 is 0.900 bits per heavy atom. The van der Waals surface area contributed by atoms with E-state index in [1.54, 1.807) is 6.07 Å². The highest BCUT2D eigenvalue weighted by atomic mass is 19.4. The molecule has 0 amide bonds. The van der Waals surface area contributed by atoms with Gasteiger partial charge in [0.1, 0.15) is 0 Å². The van der Waals surface area contributed by atoms with Crippen molar-refractivity contribution in [1.82, 2.24) is 19.9 Å². The molecule has 0 atom stereocenters. The Labute approximate surface area is 342 Å². The molecule has 0 unspecified atom stereocenters. The molecule has 0 aliphatic heterocycles. The molecule has 2 aliphatic rings. The summed E-state index contributed by atoms with van der Waals surface area (Å²) in [7, 11) is 0. The van der Waals surface area contributed by atoms with E-state index in [0.29, 0.717) is 45.5 Å². The first-order valence-corrected chi connectivity index (χ1v) is 20.2. The molecule has 0 saturated heterocycles. The van der Waals surface area contributed by atoms with E-state index in [2.05, 4.69) is 44.2 Å². The number of aromatic nitrogens is 4. The normalized spacial score (nSPS) is 19.3. The quantitative estimate of drug-likeness (QED) is 0.114. The van der Waals surface area contributed by atoms with Crippen LogP contribution in [0.2, 0.25) is 0 Å². The first-order chi connectivity index (χ1) is 28.8. The van der Waals surface area contributed by atoms with Crippen molar-refractivity contribution in [2.75, 3.05) is 0 Å². The molecule has 8 rings (SSSR count). The van der Waals surface area contributed by atoms with E-state index in [-0.39, 0.29) is 24.7 Å². The van der Waals surface area contributed by atoms with E-state index < -0.39 is 45.9 Å². The number of aromatic amines is 4. The fourth-order valence-corrected chi connectivity index (χ4v) is 8.90. The molecule has 0 bridgehead atoms. The summed E-state index contributed by atoms with van der Waals surface area (Å²) < 4.78 is 66.0. The van der Waals surface area contributed by atoms with Crippen molar-refractivity contribution < 1.29 is 22.0 Å². The fraction of sp³-hybridized carbons (Fsp3) is 0.319. The smallest absolute Gasteiger partial charge is 0.311 e. The third-order valence-electron chi connectivity index (χ3n) is 12.0.